The lowest BCUT2D eigenvalue weighted by Crippen LogP contribution is -1.98. The van der Waals surface area contributed by atoms with Crippen molar-refractivity contribution in [2.24, 2.45) is 0 Å². The molecule has 4 heteroatoms. The summed E-state index contributed by atoms with van der Waals surface area (Å²) in [5.74, 6) is 1.88. The van der Waals surface area contributed by atoms with E-state index in [4.69, 9.17) is 5.73 Å². The third kappa shape index (κ3) is 2.05. The number of nitrogens with zero attached hydrogens (tertiary/aromatic N) is 2. The largest absolute Gasteiger partial charge is 0.383 e. The third-order valence-corrected chi connectivity index (χ3v) is 3.60. The minimum atomic E-state index is 0.487. The summed E-state index contributed by atoms with van der Waals surface area (Å²) in [7, 11) is 0. The van der Waals surface area contributed by atoms with Crippen LogP contribution in [-0.4, -0.2) is 9.97 Å². The predicted octanol–water partition coefficient (Wildman–Crippen LogP) is 3.37. The van der Waals surface area contributed by atoms with Crippen LogP contribution in [0.1, 0.15) is 24.3 Å². The van der Waals surface area contributed by atoms with E-state index in [0.717, 1.165) is 10.0 Å². The summed E-state index contributed by atoms with van der Waals surface area (Å²) in [6, 6.07) is 8.31. The van der Waals surface area contributed by atoms with Crippen LogP contribution in [0, 0.1) is 0 Å². The second-order valence-corrected chi connectivity index (χ2v) is 5.14. The van der Waals surface area contributed by atoms with E-state index in [9.17, 15) is 0 Å². The molecule has 1 fully saturated rings. The van der Waals surface area contributed by atoms with Crippen LogP contribution in [0.3, 0.4) is 0 Å². The van der Waals surface area contributed by atoms with Crippen molar-refractivity contribution >= 4 is 21.7 Å². The van der Waals surface area contributed by atoms with Crippen LogP contribution >= 0.6 is 15.9 Å². The number of aromatic nitrogens is 2. The minimum Gasteiger partial charge on any atom is -0.383 e. The highest BCUT2D eigenvalue weighted by molar-refractivity contribution is 9.10. The van der Waals surface area contributed by atoms with E-state index in [1.807, 2.05) is 6.07 Å². The van der Waals surface area contributed by atoms with E-state index in [0.29, 0.717) is 17.6 Å². The Morgan fingerprint density at radius 2 is 2.00 bits per heavy atom. The first-order valence-corrected chi connectivity index (χ1v) is 6.42. The van der Waals surface area contributed by atoms with Crippen LogP contribution < -0.4 is 5.73 Å². The second kappa shape index (κ2) is 4.11. The zero-order valence-electron chi connectivity index (χ0n) is 9.23. The number of benzene rings is 1. The molecule has 1 saturated carbocycles. The van der Waals surface area contributed by atoms with Gasteiger partial charge in [0.05, 0.1) is 4.47 Å². The van der Waals surface area contributed by atoms with E-state index in [2.05, 4.69) is 44.1 Å². The van der Waals surface area contributed by atoms with E-state index < -0.39 is 0 Å². The Hall–Kier alpha value is -1.42. The first kappa shape index (κ1) is 10.7. The van der Waals surface area contributed by atoms with Crippen LogP contribution in [0.25, 0.3) is 11.4 Å². The van der Waals surface area contributed by atoms with Gasteiger partial charge in [-0.3, -0.25) is 0 Å². The van der Waals surface area contributed by atoms with Crippen LogP contribution in [0.5, 0.6) is 0 Å². The number of nitrogen functional groups attached to an aromatic ring is 1. The molecule has 0 saturated heterocycles. The lowest BCUT2D eigenvalue weighted by atomic mass is 10.0. The SMILES string of the molecule is Nc1nc(-c2ccccc2C2CC2)ncc1Br. The fourth-order valence-electron chi connectivity index (χ4n) is 1.96. The van der Waals surface area contributed by atoms with Gasteiger partial charge in [0.1, 0.15) is 5.82 Å². The van der Waals surface area contributed by atoms with Gasteiger partial charge in [-0.15, -0.1) is 0 Å². The normalized spacial score (nSPS) is 14.9. The molecule has 1 aliphatic carbocycles. The molecule has 0 amide bonds. The summed E-state index contributed by atoms with van der Waals surface area (Å²) in [6.07, 6.45) is 4.24. The van der Waals surface area contributed by atoms with Gasteiger partial charge in [0.25, 0.3) is 0 Å². The molecule has 1 aromatic carbocycles. The summed E-state index contributed by atoms with van der Waals surface area (Å²) in [4.78, 5) is 8.68. The van der Waals surface area contributed by atoms with Crippen molar-refractivity contribution in [3.63, 3.8) is 0 Å². The highest BCUT2D eigenvalue weighted by atomic mass is 79.9. The van der Waals surface area contributed by atoms with E-state index in [1.54, 1.807) is 6.20 Å². The monoisotopic (exact) mass is 289 g/mol. The average molecular weight is 290 g/mol. The number of nitrogens with two attached hydrogens (primary N) is 1. The lowest BCUT2D eigenvalue weighted by Gasteiger charge is -2.07. The number of halogens is 1. The van der Waals surface area contributed by atoms with Gasteiger partial charge in [0.2, 0.25) is 0 Å². The first-order chi connectivity index (χ1) is 8.25. The topological polar surface area (TPSA) is 51.8 Å². The van der Waals surface area contributed by atoms with Crippen molar-refractivity contribution in [2.45, 2.75) is 18.8 Å². The number of anilines is 1. The zero-order chi connectivity index (χ0) is 11.8. The standard InChI is InChI=1S/C13H12BrN3/c14-11-7-16-13(17-12(11)15)10-4-2-1-3-9(10)8-5-6-8/h1-4,7-8H,5-6H2,(H2,15,16,17). The first-order valence-electron chi connectivity index (χ1n) is 5.63. The number of rotatable bonds is 2. The van der Waals surface area contributed by atoms with Crippen LogP contribution in [0.15, 0.2) is 34.9 Å². The van der Waals surface area contributed by atoms with Gasteiger partial charge in [-0.05, 0) is 40.3 Å². The molecular weight excluding hydrogens is 278 g/mol. The van der Waals surface area contributed by atoms with Crippen molar-refractivity contribution in [2.75, 3.05) is 5.73 Å². The Morgan fingerprint density at radius 3 is 2.71 bits per heavy atom. The Balaban J connectivity index is 2.11. The Kier molecular flexibility index (Phi) is 2.59. The number of hydrogen-bond acceptors (Lipinski definition) is 3. The molecule has 0 aliphatic heterocycles. The molecule has 2 N–H and O–H groups in total. The fraction of sp³-hybridized carbons (Fsp3) is 0.231. The van der Waals surface area contributed by atoms with E-state index >= 15 is 0 Å². The van der Waals surface area contributed by atoms with Gasteiger partial charge >= 0.3 is 0 Å². The van der Waals surface area contributed by atoms with Gasteiger partial charge in [-0.1, -0.05) is 24.3 Å². The Labute approximate surface area is 108 Å². The van der Waals surface area contributed by atoms with Gasteiger partial charge in [-0.25, -0.2) is 9.97 Å². The summed E-state index contributed by atoms with van der Waals surface area (Å²) in [6.45, 7) is 0. The maximum absolute atomic E-state index is 5.80. The van der Waals surface area contributed by atoms with Crippen molar-refractivity contribution in [3.8, 4) is 11.4 Å². The maximum atomic E-state index is 5.80. The van der Waals surface area contributed by atoms with Crippen molar-refractivity contribution in [1.29, 1.82) is 0 Å². The van der Waals surface area contributed by atoms with Crippen molar-refractivity contribution < 1.29 is 0 Å². The molecule has 3 rings (SSSR count). The zero-order valence-corrected chi connectivity index (χ0v) is 10.8. The van der Waals surface area contributed by atoms with Crippen LogP contribution in [0.4, 0.5) is 5.82 Å². The summed E-state index contributed by atoms with van der Waals surface area (Å²) < 4.78 is 0.741. The summed E-state index contributed by atoms with van der Waals surface area (Å²) in [5, 5.41) is 0. The molecule has 86 valence electrons. The molecule has 0 spiro atoms. The van der Waals surface area contributed by atoms with Crippen LogP contribution in [-0.2, 0) is 0 Å². The van der Waals surface area contributed by atoms with E-state index in [1.165, 1.54) is 18.4 Å². The quantitative estimate of drug-likeness (QED) is 0.922. The minimum absolute atomic E-state index is 0.487. The van der Waals surface area contributed by atoms with E-state index in [-0.39, 0.29) is 0 Å². The van der Waals surface area contributed by atoms with Gasteiger partial charge in [0, 0.05) is 11.8 Å². The molecule has 0 bridgehead atoms. The highest BCUT2D eigenvalue weighted by Crippen LogP contribution is 2.43. The molecule has 0 unspecified atom stereocenters. The molecular formula is C13H12BrN3. The molecule has 1 aromatic heterocycles. The Morgan fingerprint density at radius 1 is 1.24 bits per heavy atom. The molecule has 17 heavy (non-hydrogen) atoms. The second-order valence-electron chi connectivity index (χ2n) is 4.29. The van der Waals surface area contributed by atoms with Crippen LogP contribution in [0.2, 0.25) is 0 Å². The average Bonchev–Trinajstić information content (AvgIpc) is 3.17. The molecule has 0 radical (unpaired) electrons. The molecule has 3 nitrogen and oxygen atoms in total. The highest BCUT2D eigenvalue weighted by Gasteiger charge is 2.26. The summed E-state index contributed by atoms with van der Waals surface area (Å²) in [5.41, 5.74) is 8.25. The summed E-state index contributed by atoms with van der Waals surface area (Å²) >= 11 is 3.31. The molecule has 0 atom stereocenters. The maximum Gasteiger partial charge on any atom is 0.161 e. The number of hydrogen-bond donors (Lipinski definition) is 1. The third-order valence-electron chi connectivity index (χ3n) is 2.99. The molecule has 1 aliphatic rings. The molecule has 2 aromatic rings. The lowest BCUT2D eigenvalue weighted by molar-refractivity contribution is 1.10. The predicted molar refractivity (Wildman–Crippen MR) is 71.6 cm³/mol. The van der Waals surface area contributed by atoms with Gasteiger partial charge < -0.3 is 5.73 Å². The van der Waals surface area contributed by atoms with Gasteiger partial charge in [0.15, 0.2) is 5.82 Å². The fourth-order valence-corrected chi connectivity index (χ4v) is 2.15. The Bertz CT molecular complexity index is 564. The smallest absolute Gasteiger partial charge is 0.161 e. The molecule has 1 heterocycles. The van der Waals surface area contributed by atoms with Crippen molar-refractivity contribution in [3.05, 3.63) is 40.5 Å². The van der Waals surface area contributed by atoms with Crippen molar-refractivity contribution in [1.82, 2.24) is 9.97 Å². The van der Waals surface area contributed by atoms with Gasteiger partial charge in [-0.2, -0.15) is 0 Å².